The number of nitriles is 1. The highest BCUT2D eigenvalue weighted by Gasteiger charge is 2.25. The Bertz CT molecular complexity index is 886. The van der Waals surface area contributed by atoms with Gasteiger partial charge in [0.25, 0.3) is 0 Å². The van der Waals surface area contributed by atoms with Gasteiger partial charge in [0.15, 0.2) is 11.5 Å². The molecule has 0 bridgehead atoms. The number of carbonyl (C=O) groups excluding carboxylic acids is 2. The van der Waals surface area contributed by atoms with Gasteiger partial charge in [-0.05, 0) is 12.1 Å². The molecule has 1 aromatic carbocycles. The number of halogens is 2. The summed E-state index contributed by atoms with van der Waals surface area (Å²) in [4.78, 5) is 23.7. The maximum Gasteiger partial charge on any atom is 0.357 e. The van der Waals surface area contributed by atoms with Gasteiger partial charge >= 0.3 is 11.9 Å². The van der Waals surface area contributed by atoms with Gasteiger partial charge in [0.05, 0.1) is 36.7 Å². The van der Waals surface area contributed by atoms with Crippen molar-refractivity contribution in [1.29, 1.82) is 5.26 Å². The van der Waals surface area contributed by atoms with Crippen LogP contribution in [0.25, 0.3) is 5.69 Å². The number of benzene rings is 1. The van der Waals surface area contributed by atoms with E-state index < -0.39 is 17.8 Å². The summed E-state index contributed by atoms with van der Waals surface area (Å²) in [5.41, 5.74) is 4.86. The van der Waals surface area contributed by atoms with E-state index in [1.54, 1.807) is 0 Å². The van der Waals surface area contributed by atoms with Gasteiger partial charge in [-0.2, -0.15) is 5.26 Å². The van der Waals surface area contributed by atoms with Gasteiger partial charge in [0.1, 0.15) is 6.07 Å². The third-order valence-electron chi connectivity index (χ3n) is 3.23. The van der Waals surface area contributed by atoms with E-state index in [0.717, 1.165) is 18.8 Å². The third kappa shape index (κ3) is 2.83. The quantitative estimate of drug-likeness (QED) is 0.799. The highest BCUT2D eigenvalue weighted by molar-refractivity contribution is 9.10. The summed E-state index contributed by atoms with van der Waals surface area (Å²) in [7, 11) is 2.24. The van der Waals surface area contributed by atoms with Crippen LogP contribution in [0, 0.1) is 17.1 Å². The number of aromatic nitrogens is 1. The summed E-state index contributed by atoms with van der Waals surface area (Å²) in [6.45, 7) is 0. The van der Waals surface area contributed by atoms with Gasteiger partial charge < -0.3 is 19.8 Å². The molecule has 0 unspecified atom stereocenters. The predicted molar refractivity (Wildman–Crippen MR) is 85.2 cm³/mol. The highest BCUT2D eigenvalue weighted by Crippen LogP contribution is 2.29. The number of carbonyl (C=O) groups is 2. The van der Waals surface area contributed by atoms with Crippen LogP contribution in [0.4, 0.5) is 10.1 Å². The Labute approximate surface area is 144 Å². The molecule has 0 radical (unpaired) electrons. The zero-order chi connectivity index (χ0) is 18.0. The molecule has 0 amide bonds. The van der Waals surface area contributed by atoms with Crippen molar-refractivity contribution in [3.05, 3.63) is 45.4 Å². The molecule has 0 aliphatic rings. The van der Waals surface area contributed by atoms with Crippen LogP contribution in [-0.4, -0.2) is 30.7 Å². The lowest BCUT2D eigenvalue weighted by Gasteiger charge is -2.12. The minimum Gasteiger partial charge on any atom is -0.465 e. The first-order chi connectivity index (χ1) is 11.3. The molecule has 7 nitrogen and oxygen atoms in total. The van der Waals surface area contributed by atoms with Crippen molar-refractivity contribution in [3.63, 3.8) is 0 Å². The number of nitrogens with two attached hydrogens (primary N) is 1. The maximum absolute atomic E-state index is 14.7. The van der Waals surface area contributed by atoms with Crippen molar-refractivity contribution in [2.45, 2.75) is 0 Å². The van der Waals surface area contributed by atoms with Crippen LogP contribution in [0.2, 0.25) is 0 Å². The number of esters is 2. The lowest BCUT2D eigenvalue weighted by molar-refractivity contribution is 0.0587. The average Bonchev–Trinajstić information content (AvgIpc) is 2.91. The van der Waals surface area contributed by atoms with Crippen molar-refractivity contribution in [2.75, 3.05) is 20.0 Å². The van der Waals surface area contributed by atoms with E-state index in [1.807, 2.05) is 6.07 Å². The number of rotatable bonds is 3. The van der Waals surface area contributed by atoms with E-state index in [0.29, 0.717) is 4.47 Å². The number of hydrogen-bond donors (Lipinski definition) is 1. The number of anilines is 1. The van der Waals surface area contributed by atoms with Crippen LogP contribution in [0.3, 0.4) is 0 Å². The second kappa shape index (κ2) is 6.72. The molecule has 2 aromatic rings. The molecule has 9 heteroatoms. The van der Waals surface area contributed by atoms with Crippen LogP contribution >= 0.6 is 15.9 Å². The lowest BCUT2D eigenvalue weighted by Crippen LogP contribution is -2.14. The van der Waals surface area contributed by atoms with Crippen LogP contribution in [0.15, 0.2) is 22.8 Å². The molecule has 0 saturated heterocycles. The fourth-order valence-corrected chi connectivity index (χ4v) is 2.56. The summed E-state index contributed by atoms with van der Waals surface area (Å²) >= 11 is 3.16. The molecule has 0 aliphatic heterocycles. The molecule has 1 aromatic heterocycles. The Kier molecular flexibility index (Phi) is 4.90. The highest BCUT2D eigenvalue weighted by atomic mass is 79.9. The smallest absolute Gasteiger partial charge is 0.357 e. The van der Waals surface area contributed by atoms with E-state index in [-0.39, 0.29) is 28.2 Å². The fraction of sp³-hybridized carbons (Fsp3) is 0.133. The second-order valence-corrected chi connectivity index (χ2v) is 5.47. The van der Waals surface area contributed by atoms with E-state index in [4.69, 9.17) is 11.0 Å². The molecule has 24 heavy (non-hydrogen) atoms. The van der Waals surface area contributed by atoms with Crippen molar-refractivity contribution in [2.24, 2.45) is 0 Å². The Morgan fingerprint density at radius 1 is 1.29 bits per heavy atom. The molecule has 0 atom stereocenters. The Hall–Kier alpha value is -2.86. The first-order valence-electron chi connectivity index (χ1n) is 6.42. The van der Waals surface area contributed by atoms with E-state index >= 15 is 0 Å². The normalized spacial score (nSPS) is 10.1. The summed E-state index contributed by atoms with van der Waals surface area (Å²) in [5, 5.41) is 9.09. The SMILES string of the molecule is COC(=O)c1cc(Br)cc(-n2cc(C#N)c(N)c2C(=O)OC)c1F. The molecule has 124 valence electrons. The second-order valence-electron chi connectivity index (χ2n) is 4.56. The van der Waals surface area contributed by atoms with E-state index in [2.05, 4.69) is 25.4 Å². The Morgan fingerprint density at radius 2 is 1.92 bits per heavy atom. The van der Waals surface area contributed by atoms with Gasteiger partial charge in [0, 0.05) is 10.7 Å². The molecule has 2 N–H and O–H groups in total. The lowest BCUT2D eigenvalue weighted by atomic mass is 10.1. The summed E-state index contributed by atoms with van der Waals surface area (Å²) in [5.74, 6) is -2.68. The van der Waals surface area contributed by atoms with Gasteiger partial charge in [0.2, 0.25) is 0 Å². The summed E-state index contributed by atoms with van der Waals surface area (Å²) < 4.78 is 25.3. The van der Waals surface area contributed by atoms with Crippen LogP contribution in [0.1, 0.15) is 26.4 Å². The molecule has 0 saturated carbocycles. The minimum absolute atomic E-state index is 0.0330. The zero-order valence-electron chi connectivity index (χ0n) is 12.6. The van der Waals surface area contributed by atoms with Crippen molar-refractivity contribution in [1.82, 2.24) is 4.57 Å². The van der Waals surface area contributed by atoms with Gasteiger partial charge in [-0.3, -0.25) is 0 Å². The maximum atomic E-state index is 14.7. The van der Waals surface area contributed by atoms with Gasteiger partial charge in [-0.15, -0.1) is 0 Å². The van der Waals surface area contributed by atoms with Crippen LogP contribution in [0.5, 0.6) is 0 Å². The Morgan fingerprint density at radius 3 is 2.46 bits per heavy atom. The van der Waals surface area contributed by atoms with E-state index in [1.165, 1.54) is 18.3 Å². The molecule has 0 fully saturated rings. The Balaban J connectivity index is 2.83. The van der Waals surface area contributed by atoms with Crippen molar-refractivity contribution >= 4 is 33.6 Å². The predicted octanol–water partition coefficient (Wildman–Crippen LogP) is 2.41. The number of nitrogens with zero attached hydrogens (tertiary/aromatic N) is 2. The molecular formula is C15H11BrFN3O4. The minimum atomic E-state index is -0.935. The number of methoxy groups -OCH3 is 2. The molecule has 0 spiro atoms. The van der Waals surface area contributed by atoms with Crippen molar-refractivity contribution in [3.8, 4) is 11.8 Å². The number of ether oxygens (including phenoxy) is 2. The van der Waals surface area contributed by atoms with Crippen LogP contribution in [-0.2, 0) is 9.47 Å². The zero-order valence-corrected chi connectivity index (χ0v) is 14.2. The molecule has 1 heterocycles. The average molecular weight is 396 g/mol. The topological polar surface area (TPSA) is 107 Å². The standard InChI is InChI=1S/C15H11BrFN3O4/c1-23-14(21)9-3-8(16)4-10(11(9)17)20-6-7(5-18)12(19)13(20)15(22)24-2/h3-4,6H,19H2,1-2H3. The van der Waals surface area contributed by atoms with Gasteiger partial charge in [-0.25, -0.2) is 14.0 Å². The molecule has 2 rings (SSSR count). The molecular weight excluding hydrogens is 385 g/mol. The number of hydrogen-bond acceptors (Lipinski definition) is 6. The first-order valence-corrected chi connectivity index (χ1v) is 7.22. The van der Waals surface area contributed by atoms with Crippen LogP contribution < -0.4 is 5.73 Å². The van der Waals surface area contributed by atoms with Gasteiger partial charge in [-0.1, -0.05) is 15.9 Å². The monoisotopic (exact) mass is 395 g/mol. The summed E-state index contributed by atoms with van der Waals surface area (Å²) in [6, 6.07) is 4.37. The third-order valence-corrected chi connectivity index (χ3v) is 3.68. The number of nitrogen functional groups attached to an aromatic ring is 1. The first kappa shape index (κ1) is 17.5. The largest absolute Gasteiger partial charge is 0.465 e. The molecule has 0 aliphatic carbocycles. The fourth-order valence-electron chi connectivity index (χ4n) is 2.11. The van der Waals surface area contributed by atoms with E-state index in [9.17, 15) is 14.0 Å². The van der Waals surface area contributed by atoms with Crippen molar-refractivity contribution < 1.29 is 23.5 Å². The summed E-state index contributed by atoms with van der Waals surface area (Å²) in [6.07, 6.45) is 1.19.